The lowest BCUT2D eigenvalue weighted by molar-refractivity contribution is -0.0328. The number of nitrogens with zero attached hydrogens (tertiary/aromatic N) is 2. The largest absolute Gasteiger partial charge is 0.464 e. The molecule has 0 unspecified atom stereocenters. The van der Waals surface area contributed by atoms with Crippen molar-refractivity contribution in [3.63, 3.8) is 0 Å². The summed E-state index contributed by atoms with van der Waals surface area (Å²) < 4.78 is 44.2. The van der Waals surface area contributed by atoms with Crippen molar-refractivity contribution >= 4 is 17.7 Å². The Hall–Kier alpha value is -1.96. The number of carbonyl (C=O) groups excluding carboxylic acids is 1. The minimum Gasteiger partial charge on any atom is -0.464 e. The van der Waals surface area contributed by atoms with E-state index in [0.29, 0.717) is 5.56 Å². The quantitative estimate of drug-likeness (QED) is 0.609. The molecular formula is C15H15F3N2O2S. The molecule has 0 fully saturated rings. The van der Waals surface area contributed by atoms with Gasteiger partial charge < -0.3 is 4.74 Å². The third kappa shape index (κ3) is 3.87. The number of thioether (sulfide) groups is 1. The van der Waals surface area contributed by atoms with Crippen molar-refractivity contribution in [1.82, 2.24) is 9.78 Å². The smallest absolute Gasteiger partial charge is 0.446 e. The number of benzene rings is 1. The van der Waals surface area contributed by atoms with Crippen LogP contribution in [0.15, 0.2) is 35.4 Å². The second kappa shape index (κ2) is 6.66. The van der Waals surface area contributed by atoms with Gasteiger partial charge in [0.2, 0.25) is 0 Å². The maximum atomic E-state index is 12.7. The van der Waals surface area contributed by atoms with Gasteiger partial charge >= 0.3 is 11.5 Å². The zero-order chi connectivity index (χ0) is 17.2. The maximum Gasteiger partial charge on any atom is 0.446 e. The highest BCUT2D eigenvalue weighted by Crippen LogP contribution is 2.40. The average molecular weight is 344 g/mol. The van der Waals surface area contributed by atoms with Gasteiger partial charge in [0.05, 0.1) is 19.0 Å². The van der Waals surface area contributed by atoms with E-state index < -0.39 is 11.5 Å². The van der Waals surface area contributed by atoms with Crippen LogP contribution >= 0.6 is 11.8 Å². The number of aromatic nitrogens is 2. The highest BCUT2D eigenvalue weighted by atomic mass is 32.2. The zero-order valence-electron chi connectivity index (χ0n) is 12.7. The minimum absolute atomic E-state index is 0.0275. The number of halogens is 3. The highest BCUT2D eigenvalue weighted by molar-refractivity contribution is 8.00. The molecule has 2 aromatic rings. The standard InChI is InChI=1S/C15H15F3N2O2S/c1-9(2)10-8-19-20(13(10)14(21)22-3)11-6-4-5-7-12(11)23-15(16,17)18/h4-9H,1-3H3. The number of esters is 1. The second-order valence-corrected chi connectivity index (χ2v) is 6.13. The molecule has 0 saturated carbocycles. The molecule has 0 bridgehead atoms. The van der Waals surface area contributed by atoms with Crippen LogP contribution in [-0.4, -0.2) is 28.4 Å². The molecule has 0 aliphatic carbocycles. The highest BCUT2D eigenvalue weighted by Gasteiger charge is 2.32. The first kappa shape index (κ1) is 17.4. The lowest BCUT2D eigenvalue weighted by Gasteiger charge is -2.14. The van der Waals surface area contributed by atoms with Crippen LogP contribution in [0.25, 0.3) is 5.69 Å². The van der Waals surface area contributed by atoms with Crippen LogP contribution < -0.4 is 0 Å². The van der Waals surface area contributed by atoms with E-state index in [4.69, 9.17) is 4.74 Å². The van der Waals surface area contributed by atoms with Gasteiger partial charge in [-0.05, 0) is 29.8 Å². The third-order valence-corrected chi connectivity index (χ3v) is 3.91. The minimum atomic E-state index is -4.43. The molecule has 2 rings (SSSR count). The molecule has 4 nitrogen and oxygen atoms in total. The van der Waals surface area contributed by atoms with Gasteiger partial charge in [0.1, 0.15) is 0 Å². The Morgan fingerprint density at radius 1 is 1.30 bits per heavy atom. The van der Waals surface area contributed by atoms with Crippen molar-refractivity contribution in [2.24, 2.45) is 0 Å². The van der Waals surface area contributed by atoms with Gasteiger partial charge in [-0.3, -0.25) is 0 Å². The Bertz CT molecular complexity index is 711. The van der Waals surface area contributed by atoms with Crippen molar-refractivity contribution in [2.75, 3.05) is 7.11 Å². The summed E-state index contributed by atoms with van der Waals surface area (Å²) in [5.41, 5.74) is -3.50. The third-order valence-electron chi connectivity index (χ3n) is 3.12. The molecule has 124 valence electrons. The van der Waals surface area contributed by atoms with Crippen molar-refractivity contribution in [3.8, 4) is 5.69 Å². The summed E-state index contributed by atoms with van der Waals surface area (Å²) in [4.78, 5) is 12.0. The fraction of sp³-hybridized carbons (Fsp3) is 0.333. The SMILES string of the molecule is COC(=O)c1c(C(C)C)cnn1-c1ccccc1SC(F)(F)F. The first-order valence-electron chi connectivity index (χ1n) is 6.76. The molecule has 1 heterocycles. The molecule has 0 atom stereocenters. The molecule has 1 aromatic heterocycles. The van der Waals surface area contributed by atoms with Crippen LogP contribution in [0.1, 0.15) is 35.8 Å². The summed E-state index contributed by atoms with van der Waals surface area (Å²) in [5, 5.41) is 4.10. The molecule has 1 aromatic carbocycles. The van der Waals surface area contributed by atoms with Crippen molar-refractivity contribution in [1.29, 1.82) is 0 Å². The fourth-order valence-electron chi connectivity index (χ4n) is 2.11. The lowest BCUT2D eigenvalue weighted by Crippen LogP contribution is -2.14. The lowest BCUT2D eigenvalue weighted by atomic mass is 10.0. The van der Waals surface area contributed by atoms with Crippen molar-refractivity contribution < 1.29 is 22.7 Å². The number of para-hydroxylation sites is 1. The molecule has 0 amide bonds. The number of hydrogen-bond acceptors (Lipinski definition) is 4. The molecule has 0 aliphatic heterocycles. The van der Waals surface area contributed by atoms with E-state index in [1.54, 1.807) is 6.07 Å². The number of rotatable bonds is 4. The van der Waals surface area contributed by atoms with Gasteiger partial charge in [-0.1, -0.05) is 26.0 Å². The molecule has 0 saturated heterocycles. The summed E-state index contributed by atoms with van der Waals surface area (Å²) in [6.45, 7) is 3.73. The van der Waals surface area contributed by atoms with Crippen LogP contribution in [-0.2, 0) is 4.74 Å². The summed E-state index contributed by atoms with van der Waals surface area (Å²) >= 11 is -0.245. The van der Waals surface area contributed by atoms with Crippen LogP contribution in [0, 0.1) is 0 Å². The zero-order valence-corrected chi connectivity index (χ0v) is 13.5. The van der Waals surface area contributed by atoms with Crippen molar-refractivity contribution in [3.05, 3.63) is 41.7 Å². The topological polar surface area (TPSA) is 44.1 Å². The number of carbonyl (C=O) groups is 1. The van der Waals surface area contributed by atoms with Gasteiger partial charge in [0.15, 0.2) is 5.69 Å². The van der Waals surface area contributed by atoms with Gasteiger partial charge in [-0.2, -0.15) is 18.3 Å². The predicted molar refractivity (Wildman–Crippen MR) is 80.9 cm³/mol. The molecule has 0 radical (unpaired) electrons. The maximum absolute atomic E-state index is 12.7. The predicted octanol–water partition coefficient (Wildman–Crippen LogP) is 4.39. The van der Waals surface area contributed by atoms with Crippen LogP contribution in [0.4, 0.5) is 13.2 Å². The van der Waals surface area contributed by atoms with Crippen LogP contribution in [0.3, 0.4) is 0 Å². The second-order valence-electron chi connectivity index (χ2n) is 5.02. The van der Waals surface area contributed by atoms with E-state index in [-0.39, 0.29) is 34.0 Å². The van der Waals surface area contributed by atoms with Gasteiger partial charge in [0, 0.05) is 10.5 Å². The van der Waals surface area contributed by atoms with E-state index in [1.807, 2.05) is 13.8 Å². The Labute approximate surface area is 135 Å². The average Bonchev–Trinajstić information content (AvgIpc) is 2.90. The molecule has 8 heteroatoms. The molecule has 0 spiro atoms. The first-order valence-corrected chi connectivity index (χ1v) is 7.57. The van der Waals surface area contributed by atoms with Gasteiger partial charge in [-0.25, -0.2) is 9.48 Å². The number of methoxy groups -OCH3 is 1. The van der Waals surface area contributed by atoms with E-state index in [1.165, 1.54) is 36.2 Å². The van der Waals surface area contributed by atoms with Crippen molar-refractivity contribution in [2.45, 2.75) is 30.2 Å². The van der Waals surface area contributed by atoms with Gasteiger partial charge in [-0.15, -0.1) is 0 Å². The van der Waals surface area contributed by atoms with Crippen LogP contribution in [0.5, 0.6) is 0 Å². The normalized spacial score (nSPS) is 11.8. The van der Waals surface area contributed by atoms with Crippen LogP contribution in [0.2, 0.25) is 0 Å². The molecular weight excluding hydrogens is 329 g/mol. The summed E-state index contributed by atoms with van der Waals surface area (Å²) in [6.07, 6.45) is 1.48. The Morgan fingerprint density at radius 3 is 2.52 bits per heavy atom. The van der Waals surface area contributed by atoms with E-state index >= 15 is 0 Å². The summed E-state index contributed by atoms with van der Waals surface area (Å²) in [7, 11) is 1.22. The Balaban J connectivity index is 2.61. The number of hydrogen-bond donors (Lipinski definition) is 0. The molecule has 0 aliphatic rings. The molecule has 23 heavy (non-hydrogen) atoms. The summed E-state index contributed by atoms with van der Waals surface area (Å²) in [6, 6.07) is 5.92. The van der Waals surface area contributed by atoms with E-state index in [0.717, 1.165) is 0 Å². The number of alkyl halides is 3. The Kier molecular flexibility index (Phi) is 5.03. The van der Waals surface area contributed by atoms with Gasteiger partial charge in [0.25, 0.3) is 0 Å². The van der Waals surface area contributed by atoms with E-state index in [9.17, 15) is 18.0 Å². The Morgan fingerprint density at radius 2 is 1.96 bits per heavy atom. The molecule has 0 N–H and O–H groups in total. The fourth-order valence-corrected chi connectivity index (χ4v) is 2.77. The van der Waals surface area contributed by atoms with E-state index in [2.05, 4.69) is 5.10 Å². The monoisotopic (exact) mass is 344 g/mol. The first-order chi connectivity index (χ1) is 10.7. The summed E-state index contributed by atoms with van der Waals surface area (Å²) in [5.74, 6) is -0.668. The number of ether oxygens (including phenoxy) is 1.